The molecule has 2 heterocycles. The van der Waals surface area contributed by atoms with Gasteiger partial charge in [0.25, 0.3) is 0 Å². The first-order valence-corrected chi connectivity index (χ1v) is 8.39. The van der Waals surface area contributed by atoms with Gasteiger partial charge in [-0.25, -0.2) is 4.79 Å². The number of amides is 1. The highest BCUT2D eigenvalue weighted by atomic mass is 16.6. The Hall–Kier alpha value is -0.810. The average molecular weight is 297 g/mol. The highest BCUT2D eigenvalue weighted by molar-refractivity contribution is 5.68. The van der Waals surface area contributed by atoms with Crippen molar-refractivity contribution in [2.75, 3.05) is 26.2 Å². The third kappa shape index (κ3) is 5.83. The van der Waals surface area contributed by atoms with E-state index in [1.165, 1.54) is 19.3 Å². The molecule has 0 aromatic rings. The molecule has 122 valence electrons. The largest absolute Gasteiger partial charge is 0.444 e. The summed E-state index contributed by atoms with van der Waals surface area (Å²) >= 11 is 0. The summed E-state index contributed by atoms with van der Waals surface area (Å²) in [7, 11) is 0. The van der Waals surface area contributed by atoms with Crippen LogP contribution in [0.1, 0.15) is 52.9 Å². The predicted octanol–water partition coefficient (Wildman–Crippen LogP) is 2.12. The molecule has 0 aromatic carbocycles. The molecule has 0 aliphatic carbocycles. The van der Waals surface area contributed by atoms with Crippen molar-refractivity contribution in [2.45, 2.75) is 70.6 Å². The summed E-state index contributed by atoms with van der Waals surface area (Å²) in [5, 5.41) is 7.24. The number of carbonyl (C=O) groups excluding carboxylic acids is 1. The first kappa shape index (κ1) is 16.6. The Kier molecular flexibility index (Phi) is 5.88. The van der Waals surface area contributed by atoms with Crippen LogP contribution in [0.5, 0.6) is 0 Å². The third-order valence-electron chi connectivity index (χ3n) is 4.19. The number of hydrogen-bond acceptors (Lipinski definition) is 4. The molecule has 0 aromatic heterocycles. The van der Waals surface area contributed by atoms with Gasteiger partial charge in [-0.15, -0.1) is 0 Å². The monoisotopic (exact) mass is 297 g/mol. The molecular weight excluding hydrogens is 266 g/mol. The van der Waals surface area contributed by atoms with E-state index in [0.29, 0.717) is 12.1 Å². The van der Waals surface area contributed by atoms with Crippen LogP contribution in [0, 0.1) is 0 Å². The molecule has 2 N–H and O–H groups in total. The van der Waals surface area contributed by atoms with E-state index in [2.05, 4.69) is 10.6 Å². The van der Waals surface area contributed by atoms with E-state index in [1.807, 2.05) is 25.7 Å². The molecule has 2 rings (SSSR count). The number of hydrogen-bond donors (Lipinski definition) is 2. The minimum absolute atomic E-state index is 0.167. The Balaban J connectivity index is 1.71. The van der Waals surface area contributed by atoms with Crippen molar-refractivity contribution in [3.05, 3.63) is 0 Å². The van der Waals surface area contributed by atoms with Gasteiger partial charge < -0.3 is 20.3 Å². The van der Waals surface area contributed by atoms with Crippen LogP contribution in [0.25, 0.3) is 0 Å². The molecule has 1 amide bonds. The van der Waals surface area contributed by atoms with Gasteiger partial charge in [0.05, 0.1) is 0 Å². The van der Waals surface area contributed by atoms with E-state index in [1.54, 1.807) is 0 Å². The molecule has 1 atom stereocenters. The van der Waals surface area contributed by atoms with Crippen LogP contribution in [0.4, 0.5) is 4.79 Å². The number of nitrogens with one attached hydrogen (secondary N) is 2. The molecule has 2 fully saturated rings. The molecule has 5 nitrogen and oxygen atoms in total. The Morgan fingerprint density at radius 1 is 1.10 bits per heavy atom. The highest BCUT2D eigenvalue weighted by Gasteiger charge is 2.27. The molecule has 21 heavy (non-hydrogen) atoms. The summed E-state index contributed by atoms with van der Waals surface area (Å²) in [6.45, 7) is 9.62. The molecular formula is C16H31N3O2. The Bertz CT molecular complexity index is 325. The fourth-order valence-corrected chi connectivity index (χ4v) is 3.07. The van der Waals surface area contributed by atoms with Crippen molar-refractivity contribution >= 4 is 6.09 Å². The SMILES string of the molecule is CC(C)(C)OC(=O)N1CCC(NC2CCCNCC2)CC1. The van der Waals surface area contributed by atoms with Gasteiger partial charge in [-0.3, -0.25) is 0 Å². The molecule has 5 heteroatoms. The Labute approximate surface area is 128 Å². The summed E-state index contributed by atoms with van der Waals surface area (Å²) in [6, 6.07) is 1.19. The third-order valence-corrected chi connectivity index (χ3v) is 4.19. The minimum Gasteiger partial charge on any atom is -0.444 e. The van der Waals surface area contributed by atoms with Crippen LogP contribution in [-0.4, -0.2) is 54.9 Å². The second-order valence-electron chi connectivity index (χ2n) is 7.29. The lowest BCUT2D eigenvalue weighted by Crippen LogP contribution is -2.48. The summed E-state index contributed by atoms with van der Waals surface area (Å²) in [6.07, 6.45) is 5.63. The van der Waals surface area contributed by atoms with Gasteiger partial charge >= 0.3 is 6.09 Å². The first-order chi connectivity index (χ1) is 9.94. The quantitative estimate of drug-likeness (QED) is 0.820. The molecule has 2 saturated heterocycles. The number of carbonyl (C=O) groups is 1. The second kappa shape index (κ2) is 7.45. The van der Waals surface area contributed by atoms with Crippen molar-refractivity contribution in [1.82, 2.24) is 15.5 Å². The molecule has 0 bridgehead atoms. The zero-order valence-corrected chi connectivity index (χ0v) is 13.8. The van der Waals surface area contributed by atoms with Crippen LogP contribution in [-0.2, 0) is 4.74 Å². The van der Waals surface area contributed by atoms with Gasteiger partial charge in [0.2, 0.25) is 0 Å². The second-order valence-corrected chi connectivity index (χ2v) is 7.29. The number of piperidine rings is 1. The van der Waals surface area contributed by atoms with Gasteiger partial charge in [0.1, 0.15) is 5.60 Å². The van der Waals surface area contributed by atoms with E-state index in [9.17, 15) is 4.79 Å². The summed E-state index contributed by atoms with van der Waals surface area (Å²) in [5.41, 5.74) is -0.403. The Morgan fingerprint density at radius 2 is 1.76 bits per heavy atom. The van der Waals surface area contributed by atoms with E-state index >= 15 is 0 Å². The van der Waals surface area contributed by atoms with E-state index < -0.39 is 5.60 Å². The molecule has 0 saturated carbocycles. The number of nitrogens with zero attached hydrogens (tertiary/aromatic N) is 1. The van der Waals surface area contributed by atoms with Gasteiger partial charge in [-0.2, -0.15) is 0 Å². The normalized spacial score (nSPS) is 25.5. The zero-order valence-electron chi connectivity index (χ0n) is 13.8. The standard InChI is InChI=1S/C16H31N3O2/c1-16(2,3)21-15(20)19-11-7-14(8-12-19)18-13-5-4-9-17-10-6-13/h13-14,17-18H,4-12H2,1-3H3. The number of likely N-dealkylation sites (tertiary alicyclic amines) is 1. The van der Waals surface area contributed by atoms with Crippen LogP contribution in [0.2, 0.25) is 0 Å². The molecule has 2 aliphatic heterocycles. The van der Waals surface area contributed by atoms with Crippen molar-refractivity contribution < 1.29 is 9.53 Å². The molecule has 1 unspecified atom stereocenters. The Morgan fingerprint density at radius 3 is 2.43 bits per heavy atom. The van der Waals surface area contributed by atoms with Crippen molar-refractivity contribution in [2.24, 2.45) is 0 Å². The van der Waals surface area contributed by atoms with E-state index in [4.69, 9.17) is 4.74 Å². The lowest BCUT2D eigenvalue weighted by molar-refractivity contribution is 0.0195. The van der Waals surface area contributed by atoms with Gasteiger partial charge in [0, 0.05) is 25.2 Å². The topological polar surface area (TPSA) is 53.6 Å². The maximum atomic E-state index is 12.0. The highest BCUT2D eigenvalue weighted by Crippen LogP contribution is 2.17. The van der Waals surface area contributed by atoms with Crippen molar-refractivity contribution in [3.8, 4) is 0 Å². The minimum atomic E-state index is -0.403. The van der Waals surface area contributed by atoms with Crippen molar-refractivity contribution in [3.63, 3.8) is 0 Å². The van der Waals surface area contributed by atoms with Crippen LogP contribution in [0.3, 0.4) is 0 Å². The van der Waals surface area contributed by atoms with E-state index in [0.717, 1.165) is 39.0 Å². The molecule has 0 radical (unpaired) electrons. The lowest BCUT2D eigenvalue weighted by atomic mass is 10.0. The van der Waals surface area contributed by atoms with Gasteiger partial charge in [-0.05, 0) is 66.0 Å². The first-order valence-electron chi connectivity index (χ1n) is 8.39. The summed E-state index contributed by atoms with van der Waals surface area (Å²) in [5.74, 6) is 0. The van der Waals surface area contributed by atoms with Crippen LogP contribution >= 0.6 is 0 Å². The average Bonchev–Trinajstić information content (AvgIpc) is 2.66. The lowest BCUT2D eigenvalue weighted by Gasteiger charge is -2.35. The van der Waals surface area contributed by atoms with Gasteiger partial charge in [0.15, 0.2) is 0 Å². The summed E-state index contributed by atoms with van der Waals surface area (Å²) in [4.78, 5) is 13.9. The number of ether oxygens (including phenoxy) is 1. The number of rotatable bonds is 2. The smallest absolute Gasteiger partial charge is 0.410 e. The molecule has 2 aliphatic rings. The zero-order chi connectivity index (χ0) is 15.3. The predicted molar refractivity (Wildman–Crippen MR) is 84.5 cm³/mol. The van der Waals surface area contributed by atoms with Gasteiger partial charge in [-0.1, -0.05) is 0 Å². The van der Waals surface area contributed by atoms with E-state index in [-0.39, 0.29) is 6.09 Å². The fourth-order valence-electron chi connectivity index (χ4n) is 3.07. The van der Waals surface area contributed by atoms with Crippen LogP contribution in [0.15, 0.2) is 0 Å². The maximum absolute atomic E-state index is 12.0. The van der Waals surface area contributed by atoms with Crippen LogP contribution < -0.4 is 10.6 Å². The summed E-state index contributed by atoms with van der Waals surface area (Å²) < 4.78 is 5.44. The maximum Gasteiger partial charge on any atom is 0.410 e. The van der Waals surface area contributed by atoms with Crippen molar-refractivity contribution in [1.29, 1.82) is 0 Å². The molecule has 0 spiro atoms. The fraction of sp³-hybridized carbons (Fsp3) is 0.938.